The topological polar surface area (TPSA) is 173 Å². The predicted octanol–water partition coefficient (Wildman–Crippen LogP) is 4.74. The summed E-state index contributed by atoms with van der Waals surface area (Å²) in [6.45, 7) is -0.139. The first-order chi connectivity index (χ1) is 17.1. The molecule has 0 bridgehead atoms. The number of aliphatic carboxylic acids is 3. The number of carboxylic acid groups (broad SMARTS) is 3. The van der Waals surface area contributed by atoms with Gasteiger partial charge in [-0.2, -0.15) is 0 Å². The molecule has 0 aromatic carbocycles. The molecule has 9 heteroatoms. The second kappa shape index (κ2) is 21.4. The second-order valence-electron chi connectivity index (χ2n) is 10.1. The van der Waals surface area contributed by atoms with Crippen molar-refractivity contribution in [2.45, 2.75) is 140 Å². The van der Waals surface area contributed by atoms with Gasteiger partial charge in [0.2, 0.25) is 0 Å². The molecule has 0 saturated carbocycles. The molecular weight excluding hydrogens is 468 g/mol. The molecule has 0 fully saturated rings. The van der Waals surface area contributed by atoms with E-state index in [1.165, 1.54) is 64.2 Å². The highest BCUT2D eigenvalue weighted by atomic mass is 16.4. The molecule has 0 aromatic rings. The minimum absolute atomic E-state index is 0.0693. The molecule has 0 heterocycles. The number of hydrogen-bond donors (Lipinski definition) is 6. The van der Waals surface area contributed by atoms with Crippen LogP contribution in [0.5, 0.6) is 0 Å². The first kappa shape index (κ1) is 34.3. The molecule has 212 valence electrons. The van der Waals surface area contributed by atoms with Crippen molar-refractivity contribution < 1.29 is 45.0 Å². The van der Waals surface area contributed by atoms with Gasteiger partial charge in [-0.05, 0) is 12.8 Å². The Morgan fingerprint density at radius 1 is 0.583 bits per heavy atom. The van der Waals surface area contributed by atoms with E-state index in [0.29, 0.717) is 12.8 Å². The lowest BCUT2D eigenvalue weighted by atomic mass is 9.81. The molecule has 36 heavy (non-hydrogen) atoms. The molecule has 0 aliphatic carbocycles. The van der Waals surface area contributed by atoms with Gasteiger partial charge in [-0.15, -0.1) is 0 Å². The molecule has 0 radical (unpaired) electrons. The third-order valence-electron chi connectivity index (χ3n) is 6.91. The van der Waals surface area contributed by atoms with Gasteiger partial charge in [0.1, 0.15) is 0 Å². The first-order valence-corrected chi connectivity index (χ1v) is 13.8. The quantitative estimate of drug-likeness (QED) is 0.0884. The van der Waals surface area contributed by atoms with Gasteiger partial charge in [-0.25, -0.2) is 4.79 Å². The number of aliphatic hydroxyl groups is 3. The predicted molar refractivity (Wildman–Crippen MR) is 137 cm³/mol. The molecule has 3 atom stereocenters. The zero-order valence-electron chi connectivity index (χ0n) is 21.9. The van der Waals surface area contributed by atoms with Crippen LogP contribution >= 0.6 is 0 Å². The van der Waals surface area contributed by atoms with Crippen molar-refractivity contribution in [3.8, 4) is 0 Å². The maximum absolute atomic E-state index is 11.4. The first-order valence-electron chi connectivity index (χ1n) is 13.8. The van der Waals surface area contributed by atoms with Gasteiger partial charge in [0, 0.05) is 0 Å². The fourth-order valence-corrected chi connectivity index (χ4v) is 4.62. The standard InChI is InChI=1S/C27H50O9/c28-21-22(29)18-16-14-12-10-8-6-4-2-1-3-5-7-9-11-13-15-17-19-23(25(32)33)27(36,26(34)35)20-24(30)31/h22-23,28-29,36H,1-21H2,(H,30,31)(H,32,33)(H,34,35). The lowest BCUT2D eigenvalue weighted by molar-refractivity contribution is -0.179. The third kappa shape index (κ3) is 16.9. The van der Waals surface area contributed by atoms with Crippen molar-refractivity contribution in [3.63, 3.8) is 0 Å². The summed E-state index contributed by atoms with van der Waals surface area (Å²) in [5, 5.41) is 55.6. The Balaban J connectivity index is 3.64. The average molecular weight is 519 g/mol. The molecule has 9 nitrogen and oxygen atoms in total. The smallest absolute Gasteiger partial charge is 0.337 e. The highest BCUT2D eigenvalue weighted by Gasteiger charge is 2.49. The fraction of sp³-hybridized carbons (Fsp3) is 0.889. The van der Waals surface area contributed by atoms with Crippen LogP contribution in [0.3, 0.4) is 0 Å². The number of rotatable bonds is 26. The monoisotopic (exact) mass is 518 g/mol. The van der Waals surface area contributed by atoms with Crippen molar-refractivity contribution in [1.29, 1.82) is 0 Å². The minimum Gasteiger partial charge on any atom is -0.481 e. The van der Waals surface area contributed by atoms with E-state index >= 15 is 0 Å². The van der Waals surface area contributed by atoms with Crippen LogP contribution < -0.4 is 0 Å². The van der Waals surface area contributed by atoms with Crippen molar-refractivity contribution in [2.24, 2.45) is 5.92 Å². The van der Waals surface area contributed by atoms with E-state index in [4.69, 9.17) is 10.2 Å². The maximum Gasteiger partial charge on any atom is 0.337 e. The lowest BCUT2D eigenvalue weighted by Gasteiger charge is -2.28. The van der Waals surface area contributed by atoms with Gasteiger partial charge < -0.3 is 30.6 Å². The molecule has 0 aliphatic heterocycles. The third-order valence-corrected chi connectivity index (χ3v) is 6.91. The van der Waals surface area contributed by atoms with Crippen molar-refractivity contribution >= 4 is 17.9 Å². The van der Waals surface area contributed by atoms with Crippen LogP contribution in [0.2, 0.25) is 0 Å². The van der Waals surface area contributed by atoms with E-state index in [1.54, 1.807) is 0 Å². The van der Waals surface area contributed by atoms with E-state index in [2.05, 4.69) is 0 Å². The summed E-state index contributed by atoms with van der Waals surface area (Å²) in [7, 11) is 0. The Kier molecular flexibility index (Phi) is 20.4. The van der Waals surface area contributed by atoms with E-state index in [9.17, 15) is 34.8 Å². The van der Waals surface area contributed by atoms with Crippen LogP contribution in [0.1, 0.15) is 128 Å². The van der Waals surface area contributed by atoms with Gasteiger partial charge in [0.25, 0.3) is 0 Å². The summed E-state index contributed by atoms with van der Waals surface area (Å²) in [5.74, 6) is -6.51. The lowest BCUT2D eigenvalue weighted by Crippen LogP contribution is -2.50. The highest BCUT2D eigenvalue weighted by molar-refractivity contribution is 5.89. The molecule has 6 N–H and O–H groups in total. The number of aliphatic hydroxyl groups excluding tert-OH is 2. The minimum atomic E-state index is -2.80. The van der Waals surface area contributed by atoms with Crippen LogP contribution in [-0.4, -0.2) is 66.9 Å². The summed E-state index contributed by atoms with van der Waals surface area (Å²) in [6, 6.07) is 0. The SMILES string of the molecule is O=C(O)CC(O)(C(=O)O)C(CCCCCCCCCCCCCCCCCCCC(O)CO)C(=O)O. The Labute approximate surface area is 215 Å². The van der Waals surface area contributed by atoms with Crippen molar-refractivity contribution in [3.05, 3.63) is 0 Å². The van der Waals surface area contributed by atoms with Crippen LogP contribution in [0.25, 0.3) is 0 Å². The van der Waals surface area contributed by atoms with Crippen LogP contribution in [0.4, 0.5) is 0 Å². The van der Waals surface area contributed by atoms with Gasteiger partial charge in [-0.3, -0.25) is 9.59 Å². The normalized spacial score (nSPS) is 14.8. The van der Waals surface area contributed by atoms with E-state index in [-0.39, 0.29) is 13.0 Å². The summed E-state index contributed by atoms with van der Waals surface area (Å²) < 4.78 is 0. The molecule has 0 saturated heterocycles. The summed E-state index contributed by atoms with van der Waals surface area (Å²) in [5.41, 5.74) is -2.80. The summed E-state index contributed by atoms with van der Waals surface area (Å²) in [4.78, 5) is 33.7. The Morgan fingerprint density at radius 2 is 0.917 bits per heavy atom. The van der Waals surface area contributed by atoms with Crippen molar-refractivity contribution in [1.82, 2.24) is 0 Å². The van der Waals surface area contributed by atoms with Crippen LogP contribution in [0.15, 0.2) is 0 Å². The number of hydrogen-bond acceptors (Lipinski definition) is 6. The highest BCUT2D eigenvalue weighted by Crippen LogP contribution is 2.28. The molecular formula is C27H50O9. The Morgan fingerprint density at radius 3 is 1.19 bits per heavy atom. The summed E-state index contributed by atoms with van der Waals surface area (Å²) >= 11 is 0. The molecule has 0 aliphatic rings. The number of carboxylic acids is 3. The Hall–Kier alpha value is -1.71. The number of unbranched alkanes of at least 4 members (excludes halogenated alkanes) is 16. The van der Waals surface area contributed by atoms with Gasteiger partial charge in [-0.1, -0.05) is 109 Å². The van der Waals surface area contributed by atoms with Crippen molar-refractivity contribution in [2.75, 3.05) is 6.61 Å². The molecule has 0 spiro atoms. The van der Waals surface area contributed by atoms with E-state index in [1.807, 2.05) is 0 Å². The maximum atomic E-state index is 11.4. The molecule has 3 unspecified atom stereocenters. The molecule has 0 rings (SSSR count). The summed E-state index contributed by atoms with van der Waals surface area (Å²) in [6.07, 6.45) is 17.7. The van der Waals surface area contributed by atoms with Gasteiger partial charge >= 0.3 is 17.9 Å². The van der Waals surface area contributed by atoms with E-state index in [0.717, 1.165) is 38.5 Å². The fourth-order valence-electron chi connectivity index (χ4n) is 4.62. The molecule has 0 aromatic heterocycles. The van der Waals surface area contributed by atoms with Gasteiger partial charge in [0.15, 0.2) is 5.60 Å². The number of carbonyl (C=O) groups is 3. The van der Waals surface area contributed by atoms with Gasteiger partial charge in [0.05, 0.1) is 25.0 Å². The zero-order valence-corrected chi connectivity index (χ0v) is 21.9. The Bertz CT molecular complexity index is 596. The zero-order chi connectivity index (χ0) is 27.2. The average Bonchev–Trinajstić information content (AvgIpc) is 2.81. The van der Waals surface area contributed by atoms with E-state index < -0.39 is 42.0 Å². The van der Waals surface area contributed by atoms with Crippen LogP contribution in [0, 0.1) is 5.92 Å². The largest absolute Gasteiger partial charge is 0.481 e. The van der Waals surface area contributed by atoms with Crippen LogP contribution in [-0.2, 0) is 14.4 Å². The molecule has 0 amide bonds. The second-order valence-corrected chi connectivity index (χ2v) is 10.1.